The molecule has 0 atom stereocenters. The van der Waals surface area contributed by atoms with Gasteiger partial charge in [-0.15, -0.1) is 0 Å². The number of benzene rings is 2. The molecule has 0 unspecified atom stereocenters. The van der Waals surface area contributed by atoms with Crippen LogP contribution in [-0.2, 0) is 21.7 Å². The van der Waals surface area contributed by atoms with E-state index in [0.717, 1.165) is 70.9 Å². The molecule has 0 bridgehead atoms. The van der Waals surface area contributed by atoms with Gasteiger partial charge in [-0.2, -0.15) is 0 Å². The number of pyridine rings is 1. The van der Waals surface area contributed by atoms with Gasteiger partial charge in [-0.05, 0) is 85.7 Å². The third-order valence-electron chi connectivity index (χ3n) is 7.75. The van der Waals surface area contributed by atoms with Crippen molar-refractivity contribution in [3.8, 4) is 5.75 Å². The number of likely N-dealkylation sites (tertiary alicyclic amines) is 1. The number of hydrogen-bond donors (Lipinski definition) is 1. The number of ether oxygens (including phenoxy) is 2. The monoisotopic (exact) mass is 558 g/mol. The van der Waals surface area contributed by atoms with Crippen molar-refractivity contribution in [3.05, 3.63) is 106 Å². The molecule has 0 aliphatic carbocycles. The molecule has 2 aliphatic heterocycles. The molecule has 3 aromatic rings. The lowest BCUT2D eigenvalue weighted by atomic mass is 9.84. The maximum Gasteiger partial charge on any atom is 0.331 e. The number of nitrogens with zero attached hydrogens (tertiary/aromatic N) is 2. The molecule has 7 heteroatoms. The smallest absolute Gasteiger partial charge is 0.331 e. The average Bonchev–Trinajstić information content (AvgIpc) is 3.11. The van der Waals surface area contributed by atoms with Crippen LogP contribution in [0.1, 0.15) is 61.1 Å². The number of allylic oxidation sites excluding steroid dienone is 1. The lowest BCUT2D eigenvalue weighted by Crippen LogP contribution is -2.42. The number of aliphatic hydroxyl groups is 1. The van der Waals surface area contributed by atoms with Crippen LogP contribution in [0.15, 0.2) is 72.9 Å². The van der Waals surface area contributed by atoms with Crippen LogP contribution in [0.5, 0.6) is 5.75 Å². The van der Waals surface area contributed by atoms with E-state index < -0.39 is 5.60 Å². The summed E-state index contributed by atoms with van der Waals surface area (Å²) in [5.74, 6) is 0.448. The van der Waals surface area contributed by atoms with Gasteiger partial charge in [0.15, 0.2) is 0 Å². The molecule has 208 valence electrons. The zero-order chi connectivity index (χ0) is 28.1. The van der Waals surface area contributed by atoms with Gasteiger partial charge in [0.25, 0.3) is 0 Å². The van der Waals surface area contributed by atoms with Crippen molar-refractivity contribution in [3.63, 3.8) is 0 Å². The second kappa shape index (κ2) is 12.4. The first-order chi connectivity index (χ1) is 19.4. The molecular weight excluding hydrogens is 524 g/mol. The van der Waals surface area contributed by atoms with E-state index >= 15 is 0 Å². The summed E-state index contributed by atoms with van der Waals surface area (Å²) in [6.07, 6.45) is 7.80. The third-order valence-corrected chi connectivity index (χ3v) is 8.00. The molecule has 1 N–H and O–H groups in total. The van der Waals surface area contributed by atoms with Gasteiger partial charge < -0.3 is 19.5 Å². The van der Waals surface area contributed by atoms with Crippen LogP contribution in [0.4, 0.5) is 0 Å². The minimum absolute atomic E-state index is 0.342. The van der Waals surface area contributed by atoms with Crippen LogP contribution in [0.25, 0.3) is 11.1 Å². The molecule has 40 heavy (non-hydrogen) atoms. The van der Waals surface area contributed by atoms with Crippen LogP contribution < -0.4 is 4.74 Å². The largest absolute Gasteiger partial charge is 0.487 e. The first-order valence-electron chi connectivity index (χ1n) is 13.8. The number of carbonyl (C=O) groups excluding carboxylic acids is 1. The Hall–Kier alpha value is -3.45. The second-order valence-electron chi connectivity index (χ2n) is 10.4. The molecule has 0 spiro atoms. The fourth-order valence-corrected chi connectivity index (χ4v) is 5.58. The van der Waals surface area contributed by atoms with E-state index in [1.54, 1.807) is 13.1 Å². The van der Waals surface area contributed by atoms with Crippen molar-refractivity contribution in [1.82, 2.24) is 9.88 Å². The Bertz CT molecular complexity index is 1420. The Balaban J connectivity index is 1.35. The van der Waals surface area contributed by atoms with Crippen molar-refractivity contribution in [2.24, 2.45) is 0 Å². The number of halogens is 1. The summed E-state index contributed by atoms with van der Waals surface area (Å²) in [6, 6.07) is 17.6. The predicted octanol–water partition coefficient (Wildman–Crippen LogP) is 6.40. The molecule has 0 amide bonds. The van der Waals surface area contributed by atoms with E-state index in [1.807, 2.05) is 49.4 Å². The molecule has 1 saturated heterocycles. The average molecular weight is 559 g/mol. The maximum absolute atomic E-state index is 12.1. The minimum Gasteiger partial charge on any atom is -0.487 e. The molecule has 2 aliphatic rings. The number of rotatable bonds is 7. The Morgan fingerprint density at radius 1 is 1.15 bits per heavy atom. The van der Waals surface area contributed by atoms with Gasteiger partial charge in [0.2, 0.25) is 0 Å². The highest BCUT2D eigenvalue weighted by Gasteiger charge is 2.33. The quantitative estimate of drug-likeness (QED) is 0.267. The van der Waals surface area contributed by atoms with E-state index in [-0.39, 0.29) is 5.97 Å². The fraction of sp³-hybridized carbons (Fsp3) is 0.333. The van der Waals surface area contributed by atoms with Gasteiger partial charge in [-0.1, -0.05) is 41.9 Å². The first-order valence-corrected chi connectivity index (χ1v) is 14.2. The Morgan fingerprint density at radius 2 is 1.93 bits per heavy atom. The highest BCUT2D eigenvalue weighted by molar-refractivity contribution is 6.30. The van der Waals surface area contributed by atoms with Crippen molar-refractivity contribution in [1.29, 1.82) is 0 Å². The van der Waals surface area contributed by atoms with E-state index in [0.29, 0.717) is 31.1 Å². The zero-order valence-electron chi connectivity index (χ0n) is 23.0. The van der Waals surface area contributed by atoms with Crippen LogP contribution in [-0.4, -0.2) is 47.2 Å². The molecule has 6 nitrogen and oxygen atoms in total. The summed E-state index contributed by atoms with van der Waals surface area (Å²) in [5, 5.41) is 11.9. The fourth-order valence-electron chi connectivity index (χ4n) is 5.45. The molecule has 0 radical (unpaired) electrons. The first kappa shape index (κ1) is 28.1. The van der Waals surface area contributed by atoms with Gasteiger partial charge in [-0.25, -0.2) is 4.79 Å². The number of hydrogen-bond acceptors (Lipinski definition) is 6. The van der Waals surface area contributed by atoms with Crippen LogP contribution >= 0.6 is 11.6 Å². The SMILES string of the molecule is CCOC(=O)/C=C(\C)c1ccc2c(c1)/C(=C/CCN1CCC(O)(c3ccc(Cl)cc3)CC1)c1cccnc1CO2. The second-order valence-corrected chi connectivity index (χ2v) is 10.8. The number of aromatic nitrogens is 1. The summed E-state index contributed by atoms with van der Waals surface area (Å²) in [6.45, 7) is 6.98. The molecule has 1 aromatic heterocycles. The van der Waals surface area contributed by atoms with Crippen LogP contribution in [0.2, 0.25) is 5.02 Å². The molecule has 2 aromatic carbocycles. The predicted molar refractivity (Wildman–Crippen MR) is 158 cm³/mol. The molecule has 1 fully saturated rings. The van der Waals surface area contributed by atoms with Gasteiger partial charge in [-0.3, -0.25) is 4.98 Å². The molecular formula is C33H35ClN2O4. The summed E-state index contributed by atoms with van der Waals surface area (Å²) in [5.41, 5.74) is 5.91. The molecule has 3 heterocycles. The Labute approximate surface area is 240 Å². The highest BCUT2D eigenvalue weighted by Crippen LogP contribution is 2.38. The standard InChI is InChI=1S/C33H35ClN2O4/c1-3-39-32(37)20-23(2)24-8-13-31-29(21-24)27(28-6-4-16-35-30(28)22-40-31)7-5-17-36-18-14-33(38,15-19-36)25-9-11-26(34)12-10-25/h4,6-13,16,20-21,38H,3,5,14-15,17-19,22H2,1-2H3/b23-20+,27-7+. The van der Waals surface area contributed by atoms with E-state index in [1.165, 1.54) is 6.08 Å². The lowest BCUT2D eigenvalue weighted by molar-refractivity contribution is -0.137. The van der Waals surface area contributed by atoms with Crippen molar-refractivity contribution >= 4 is 28.7 Å². The summed E-state index contributed by atoms with van der Waals surface area (Å²) in [7, 11) is 0. The molecule has 0 saturated carbocycles. The van der Waals surface area contributed by atoms with Gasteiger partial charge in [0, 0.05) is 48.1 Å². The number of carbonyl (C=O) groups is 1. The highest BCUT2D eigenvalue weighted by atomic mass is 35.5. The van der Waals surface area contributed by atoms with Crippen molar-refractivity contribution < 1.29 is 19.4 Å². The molecule has 5 rings (SSSR count). The number of esters is 1. The Kier molecular flexibility index (Phi) is 8.69. The van der Waals surface area contributed by atoms with Gasteiger partial charge in [0.1, 0.15) is 12.4 Å². The normalized spacial score (nSPS) is 17.9. The summed E-state index contributed by atoms with van der Waals surface area (Å²) in [4.78, 5) is 19.1. The topological polar surface area (TPSA) is 71.9 Å². The van der Waals surface area contributed by atoms with Crippen molar-refractivity contribution in [2.75, 3.05) is 26.2 Å². The zero-order valence-corrected chi connectivity index (χ0v) is 23.8. The van der Waals surface area contributed by atoms with Gasteiger partial charge >= 0.3 is 5.97 Å². The summed E-state index contributed by atoms with van der Waals surface area (Å²) < 4.78 is 11.3. The van der Waals surface area contributed by atoms with E-state index in [4.69, 9.17) is 21.1 Å². The number of piperidine rings is 1. The Morgan fingerprint density at radius 3 is 2.67 bits per heavy atom. The van der Waals surface area contributed by atoms with Crippen molar-refractivity contribution in [2.45, 2.75) is 45.3 Å². The van der Waals surface area contributed by atoms with Crippen LogP contribution in [0, 0.1) is 0 Å². The van der Waals surface area contributed by atoms with E-state index in [9.17, 15) is 9.90 Å². The van der Waals surface area contributed by atoms with E-state index in [2.05, 4.69) is 28.1 Å². The minimum atomic E-state index is -0.812. The maximum atomic E-state index is 12.1. The lowest BCUT2D eigenvalue weighted by Gasteiger charge is -2.38. The van der Waals surface area contributed by atoms with Gasteiger partial charge in [0.05, 0.1) is 17.9 Å². The number of fused-ring (bicyclic) bond motifs is 2. The van der Waals surface area contributed by atoms with Crippen LogP contribution in [0.3, 0.4) is 0 Å². The third kappa shape index (κ3) is 6.30. The summed E-state index contributed by atoms with van der Waals surface area (Å²) >= 11 is 6.04.